The molecule has 0 saturated carbocycles. The van der Waals surface area contributed by atoms with Gasteiger partial charge < -0.3 is 4.90 Å². The summed E-state index contributed by atoms with van der Waals surface area (Å²) >= 11 is 5.90. The summed E-state index contributed by atoms with van der Waals surface area (Å²) < 4.78 is 16.0. The van der Waals surface area contributed by atoms with Gasteiger partial charge in [0.1, 0.15) is 5.82 Å². The number of rotatable bonds is 2. The smallest absolute Gasteiger partial charge is 0.254 e. The van der Waals surface area contributed by atoms with Crippen LogP contribution in [0.4, 0.5) is 4.39 Å². The largest absolute Gasteiger partial charge is 0.327 e. The first-order valence-corrected chi connectivity index (χ1v) is 11.4. The van der Waals surface area contributed by atoms with Crippen molar-refractivity contribution in [1.82, 2.24) is 24.6 Å². The summed E-state index contributed by atoms with van der Waals surface area (Å²) in [5.74, 6) is -0.455. The Bertz CT molecular complexity index is 1420. The monoisotopic (exact) mass is 461 g/mol. The molecular weight excluding hydrogens is 441 g/mol. The van der Waals surface area contributed by atoms with Gasteiger partial charge in [-0.3, -0.25) is 19.4 Å². The van der Waals surface area contributed by atoms with Crippen molar-refractivity contribution in [3.63, 3.8) is 0 Å². The van der Waals surface area contributed by atoms with Crippen LogP contribution in [-0.2, 0) is 13.5 Å². The molecule has 6 rings (SSSR count). The minimum absolute atomic E-state index is 0.00681. The number of hydrogen-bond donors (Lipinski definition) is 0. The van der Waals surface area contributed by atoms with E-state index in [2.05, 4.69) is 9.97 Å². The van der Waals surface area contributed by atoms with Crippen LogP contribution in [-0.4, -0.2) is 36.6 Å². The van der Waals surface area contributed by atoms with Gasteiger partial charge in [0.25, 0.3) is 5.91 Å². The molecule has 1 fully saturated rings. The van der Waals surface area contributed by atoms with E-state index in [4.69, 9.17) is 16.7 Å². The van der Waals surface area contributed by atoms with Gasteiger partial charge in [-0.2, -0.15) is 5.10 Å². The van der Waals surface area contributed by atoms with Gasteiger partial charge >= 0.3 is 0 Å². The van der Waals surface area contributed by atoms with Gasteiger partial charge in [0, 0.05) is 42.2 Å². The number of aryl methyl sites for hydroxylation is 1. The SMILES string of the molecule is Cn1nc2c(c1-c1ccc(Cl)c(F)c1)C[C@H]1CCC[C@@H]2N1C(=O)c1ccc2nccnc2c1. The van der Waals surface area contributed by atoms with Crippen LogP contribution in [0.5, 0.6) is 0 Å². The standard InChI is InChI=1S/C25H21ClFN5O/c1-31-24(14-5-7-18(26)19(27)11-14)17-13-16-3-2-4-22(23(17)30-31)32(16)25(33)15-6-8-20-21(12-15)29-10-9-28-20/h5-12,16,22H,2-4,13H2,1H3/t16-,22+/m1/s1. The highest BCUT2D eigenvalue weighted by atomic mass is 35.5. The molecule has 6 nitrogen and oxygen atoms in total. The summed E-state index contributed by atoms with van der Waals surface area (Å²) in [6.07, 6.45) is 6.80. The normalized spacial score (nSPS) is 19.5. The summed E-state index contributed by atoms with van der Waals surface area (Å²) in [5.41, 5.74) is 5.73. The summed E-state index contributed by atoms with van der Waals surface area (Å²) in [6.45, 7) is 0. The maximum atomic E-state index is 14.2. The molecule has 166 valence electrons. The third-order valence-corrected chi connectivity index (χ3v) is 7.13. The second-order valence-electron chi connectivity index (χ2n) is 8.74. The van der Waals surface area contributed by atoms with Crippen LogP contribution < -0.4 is 0 Å². The average molecular weight is 462 g/mol. The van der Waals surface area contributed by atoms with Crippen molar-refractivity contribution in [2.75, 3.05) is 0 Å². The highest BCUT2D eigenvalue weighted by Gasteiger charge is 2.43. The Kier molecular flexibility index (Phi) is 4.69. The quantitative estimate of drug-likeness (QED) is 0.416. The van der Waals surface area contributed by atoms with Crippen molar-refractivity contribution in [2.45, 2.75) is 37.8 Å². The van der Waals surface area contributed by atoms with Gasteiger partial charge in [0.05, 0.1) is 33.5 Å². The number of halogens is 2. The molecular formula is C25H21ClFN5O. The Balaban J connectivity index is 1.42. The van der Waals surface area contributed by atoms with Crippen molar-refractivity contribution >= 4 is 28.5 Å². The van der Waals surface area contributed by atoms with Crippen molar-refractivity contribution in [1.29, 1.82) is 0 Å². The van der Waals surface area contributed by atoms with Crippen LogP contribution in [0.2, 0.25) is 5.02 Å². The Morgan fingerprint density at radius 2 is 1.91 bits per heavy atom. The van der Waals surface area contributed by atoms with E-state index in [1.54, 1.807) is 18.5 Å². The number of fused-ring (bicyclic) bond motifs is 5. The molecule has 0 aliphatic carbocycles. The lowest BCUT2D eigenvalue weighted by Crippen LogP contribution is -2.49. The van der Waals surface area contributed by atoms with Crippen molar-refractivity contribution in [3.8, 4) is 11.3 Å². The van der Waals surface area contributed by atoms with Crippen LogP contribution in [0.1, 0.15) is 46.9 Å². The lowest BCUT2D eigenvalue weighted by molar-refractivity contribution is 0.0392. The molecule has 4 heterocycles. The summed E-state index contributed by atoms with van der Waals surface area (Å²) in [7, 11) is 1.87. The van der Waals surface area contributed by atoms with E-state index in [0.29, 0.717) is 17.5 Å². The number of aromatic nitrogens is 4. The zero-order valence-electron chi connectivity index (χ0n) is 18.0. The molecule has 2 aliphatic heterocycles. The van der Waals surface area contributed by atoms with Crippen LogP contribution in [0.3, 0.4) is 0 Å². The van der Waals surface area contributed by atoms with Crippen LogP contribution in [0, 0.1) is 5.82 Å². The third kappa shape index (κ3) is 3.22. The minimum atomic E-state index is -0.448. The van der Waals surface area contributed by atoms with E-state index in [1.165, 1.54) is 6.07 Å². The molecule has 2 bridgehead atoms. The summed E-state index contributed by atoms with van der Waals surface area (Å²) in [5, 5.41) is 4.92. The number of carbonyl (C=O) groups excluding carboxylic acids is 1. The van der Waals surface area contributed by atoms with E-state index >= 15 is 0 Å². The number of nitrogens with zero attached hydrogens (tertiary/aromatic N) is 5. The molecule has 4 aromatic rings. The van der Waals surface area contributed by atoms with Gasteiger partial charge in [0.15, 0.2) is 0 Å². The first kappa shape index (κ1) is 20.3. The van der Waals surface area contributed by atoms with Gasteiger partial charge in [-0.25, -0.2) is 4.39 Å². The summed E-state index contributed by atoms with van der Waals surface area (Å²) in [6, 6.07) is 10.3. The summed E-state index contributed by atoms with van der Waals surface area (Å²) in [4.78, 5) is 24.3. The third-order valence-electron chi connectivity index (χ3n) is 6.82. The molecule has 0 unspecified atom stereocenters. The van der Waals surface area contributed by atoms with E-state index < -0.39 is 5.82 Å². The second-order valence-corrected chi connectivity index (χ2v) is 9.15. The number of amides is 1. The first-order chi connectivity index (χ1) is 16.0. The second kappa shape index (κ2) is 7.63. The molecule has 0 radical (unpaired) electrons. The van der Waals surface area contributed by atoms with Crippen molar-refractivity contribution in [3.05, 3.63) is 76.5 Å². The molecule has 2 aliphatic rings. The van der Waals surface area contributed by atoms with E-state index in [0.717, 1.165) is 47.3 Å². The number of carbonyl (C=O) groups is 1. The Hall–Kier alpha value is -3.32. The van der Waals surface area contributed by atoms with Gasteiger partial charge in [0.2, 0.25) is 0 Å². The zero-order chi connectivity index (χ0) is 22.7. The zero-order valence-corrected chi connectivity index (χ0v) is 18.8. The van der Waals surface area contributed by atoms with Crippen molar-refractivity contribution < 1.29 is 9.18 Å². The topological polar surface area (TPSA) is 63.9 Å². The van der Waals surface area contributed by atoms with Crippen LogP contribution >= 0.6 is 11.6 Å². The number of hydrogen-bond acceptors (Lipinski definition) is 4. The van der Waals surface area contributed by atoms with Crippen LogP contribution in [0.25, 0.3) is 22.3 Å². The van der Waals surface area contributed by atoms with E-state index in [9.17, 15) is 9.18 Å². The molecule has 8 heteroatoms. The molecule has 0 spiro atoms. The lowest BCUT2D eigenvalue weighted by Gasteiger charge is -2.45. The van der Waals surface area contributed by atoms with Crippen molar-refractivity contribution in [2.24, 2.45) is 7.05 Å². The molecule has 0 N–H and O–H groups in total. The Morgan fingerprint density at radius 1 is 1.09 bits per heavy atom. The van der Waals surface area contributed by atoms with E-state index in [1.807, 2.05) is 40.9 Å². The maximum Gasteiger partial charge on any atom is 0.254 e. The average Bonchev–Trinajstić information content (AvgIpc) is 3.15. The predicted octanol–water partition coefficient (Wildman–Crippen LogP) is 5.11. The van der Waals surface area contributed by atoms with Gasteiger partial charge in [-0.05, 0) is 56.0 Å². The fourth-order valence-corrected chi connectivity index (χ4v) is 5.52. The van der Waals surface area contributed by atoms with E-state index in [-0.39, 0.29) is 23.0 Å². The minimum Gasteiger partial charge on any atom is -0.327 e. The molecule has 2 aromatic heterocycles. The number of benzene rings is 2. The van der Waals surface area contributed by atoms with Gasteiger partial charge in [-0.15, -0.1) is 0 Å². The fourth-order valence-electron chi connectivity index (χ4n) is 5.40. The Morgan fingerprint density at radius 3 is 2.73 bits per heavy atom. The molecule has 2 aromatic carbocycles. The number of piperidine rings is 1. The Labute approximate surface area is 195 Å². The maximum absolute atomic E-state index is 14.2. The lowest BCUT2D eigenvalue weighted by atomic mass is 9.81. The molecule has 1 saturated heterocycles. The van der Waals surface area contributed by atoms with Crippen LogP contribution in [0.15, 0.2) is 48.8 Å². The highest BCUT2D eigenvalue weighted by molar-refractivity contribution is 6.30. The molecule has 2 atom stereocenters. The molecule has 33 heavy (non-hydrogen) atoms. The fraction of sp³-hybridized carbons (Fsp3) is 0.280. The molecule has 1 amide bonds. The first-order valence-electron chi connectivity index (χ1n) is 11.1. The highest BCUT2D eigenvalue weighted by Crippen LogP contribution is 2.45. The predicted molar refractivity (Wildman–Crippen MR) is 123 cm³/mol. The van der Waals surface area contributed by atoms with Gasteiger partial charge in [-0.1, -0.05) is 17.7 Å².